The number of hydrogen-bond acceptors (Lipinski definition) is 12. The highest BCUT2D eigenvalue weighted by molar-refractivity contribution is 6.61. The lowest BCUT2D eigenvalue weighted by Crippen LogP contribution is -2.47. The lowest BCUT2D eigenvalue weighted by Gasteiger charge is -2.31. The van der Waals surface area contributed by atoms with E-state index < -0.39 is 17.6 Å². The van der Waals surface area contributed by atoms with Crippen molar-refractivity contribution >= 4 is 17.6 Å². The molecule has 0 aromatic heterocycles. The topological polar surface area (TPSA) is 105 Å². The van der Waals surface area contributed by atoms with Crippen LogP contribution in [-0.4, -0.2) is 148 Å². The Morgan fingerprint density at radius 1 is 0.348 bits per heavy atom. The van der Waals surface area contributed by atoms with Crippen molar-refractivity contribution in [2.24, 2.45) is 0 Å². The second-order valence-electron chi connectivity index (χ2n) is 10.4. The molecule has 0 amide bonds. The summed E-state index contributed by atoms with van der Waals surface area (Å²) in [6.45, 7) is 26.1. The van der Waals surface area contributed by atoms with Gasteiger partial charge < -0.3 is 55.1 Å². The first kappa shape index (κ1) is 46.0. The molecule has 0 atom stereocenters. The first-order valence-electron chi connectivity index (χ1n) is 17.9. The van der Waals surface area contributed by atoms with Crippen molar-refractivity contribution in [1.29, 1.82) is 0 Å². The van der Waals surface area contributed by atoms with Crippen LogP contribution in [0.3, 0.4) is 0 Å². The maximum absolute atomic E-state index is 6.07. The summed E-state index contributed by atoms with van der Waals surface area (Å²) in [4.78, 5) is 2.43. The third-order valence-corrected chi connectivity index (χ3v) is 13.1. The first-order valence-corrected chi connectivity index (χ1v) is 21.8. The maximum Gasteiger partial charge on any atom is 0.500 e. The molecule has 0 aromatic carbocycles. The zero-order valence-corrected chi connectivity index (χ0v) is 32.6. The summed E-state index contributed by atoms with van der Waals surface area (Å²) >= 11 is 0. The Morgan fingerprint density at radius 3 is 0.957 bits per heavy atom. The molecule has 0 aliphatic heterocycles. The molecule has 46 heavy (non-hydrogen) atoms. The van der Waals surface area contributed by atoms with Gasteiger partial charge in [0.1, 0.15) is 0 Å². The van der Waals surface area contributed by atoms with Crippen LogP contribution < -0.4 is 0 Å². The standard InChI is InChI=1S/C32H71NO11Si2/c1-8-15-21-34-23-25-36-27-29-38-30-28-37-26-24-35-22-20-33(18-16-31-45(39-9-2,40-10-3)41-11-4)19-17-32-46(42-12-5,43-13-6)44-14-7/h8-32H2,1-7H3. The molecule has 0 radical (unpaired) electrons. The molecule has 278 valence electrons. The molecule has 12 nitrogen and oxygen atoms in total. The van der Waals surface area contributed by atoms with Crippen molar-refractivity contribution in [1.82, 2.24) is 4.90 Å². The van der Waals surface area contributed by atoms with Gasteiger partial charge in [-0.2, -0.15) is 0 Å². The lowest BCUT2D eigenvalue weighted by molar-refractivity contribution is -0.0124. The van der Waals surface area contributed by atoms with Crippen LogP contribution in [0.4, 0.5) is 0 Å². The second kappa shape index (κ2) is 33.5. The van der Waals surface area contributed by atoms with Crippen molar-refractivity contribution in [3.63, 3.8) is 0 Å². The average Bonchev–Trinajstić information content (AvgIpc) is 3.03. The number of unbranched alkanes of at least 4 members (excludes halogenated alkanes) is 1. The van der Waals surface area contributed by atoms with Crippen LogP contribution in [0.2, 0.25) is 12.1 Å². The molecule has 0 spiro atoms. The monoisotopic (exact) mass is 701 g/mol. The Balaban J connectivity index is 4.56. The summed E-state index contributed by atoms with van der Waals surface area (Å²) < 4.78 is 64.6. The Bertz CT molecular complexity index is 563. The van der Waals surface area contributed by atoms with Crippen LogP contribution in [0, 0.1) is 0 Å². The molecule has 0 aliphatic carbocycles. The molecule has 0 saturated carbocycles. The molecule has 0 unspecified atom stereocenters. The maximum atomic E-state index is 6.07. The highest BCUT2D eigenvalue weighted by Crippen LogP contribution is 2.21. The fourth-order valence-electron chi connectivity index (χ4n) is 4.80. The van der Waals surface area contributed by atoms with Gasteiger partial charge in [0, 0.05) is 64.9 Å². The van der Waals surface area contributed by atoms with Crippen LogP contribution >= 0.6 is 0 Å². The zero-order valence-electron chi connectivity index (χ0n) is 30.6. The summed E-state index contributed by atoms with van der Waals surface area (Å²) in [5.74, 6) is 0. The Labute approximate surface area is 284 Å². The molecule has 0 heterocycles. The smallest absolute Gasteiger partial charge is 0.379 e. The van der Waals surface area contributed by atoms with Gasteiger partial charge in [0.2, 0.25) is 0 Å². The fraction of sp³-hybridized carbons (Fsp3) is 1.00. The Kier molecular flexibility index (Phi) is 33.4. The predicted octanol–water partition coefficient (Wildman–Crippen LogP) is 5.05. The fourth-order valence-corrected chi connectivity index (χ4v) is 9.99. The minimum absolute atomic E-state index is 0.533. The van der Waals surface area contributed by atoms with Crippen LogP contribution in [0.1, 0.15) is 74.1 Å². The van der Waals surface area contributed by atoms with E-state index in [0.29, 0.717) is 99.1 Å². The van der Waals surface area contributed by atoms with Gasteiger partial charge in [-0.05, 0) is 73.9 Å². The van der Waals surface area contributed by atoms with Gasteiger partial charge in [0.25, 0.3) is 0 Å². The van der Waals surface area contributed by atoms with Gasteiger partial charge in [-0.1, -0.05) is 13.3 Å². The van der Waals surface area contributed by atoms with Gasteiger partial charge in [0.05, 0.1) is 59.5 Å². The SMILES string of the molecule is CCCCOCCOCCOCCOCCOCCN(CCC[Si](OCC)(OCC)OCC)CCC[Si](OCC)(OCC)OCC. The molecule has 0 bridgehead atoms. The molecule has 0 rings (SSSR count). The number of hydrogen-bond donors (Lipinski definition) is 0. The quantitative estimate of drug-likeness (QED) is 0.0636. The summed E-state index contributed by atoms with van der Waals surface area (Å²) in [6, 6.07) is 1.57. The Hall–Kier alpha value is -0.0462. The summed E-state index contributed by atoms with van der Waals surface area (Å²) in [5, 5.41) is 0. The summed E-state index contributed by atoms with van der Waals surface area (Å²) in [6.07, 6.45) is 4.07. The van der Waals surface area contributed by atoms with E-state index in [1.165, 1.54) is 0 Å². The highest BCUT2D eigenvalue weighted by Gasteiger charge is 2.41. The van der Waals surface area contributed by atoms with Gasteiger partial charge in [0.15, 0.2) is 0 Å². The van der Waals surface area contributed by atoms with Crippen molar-refractivity contribution < 1.29 is 50.2 Å². The van der Waals surface area contributed by atoms with Crippen molar-refractivity contribution in [2.75, 3.05) is 125 Å². The molecule has 0 aliphatic rings. The van der Waals surface area contributed by atoms with E-state index in [0.717, 1.165) is 64.0 Å². The van der Waals surface area contributed by atoms with Crippen molar-refractivity contribution in [3.8, 4) is 0 Å². The van der Waals surface area contributed by atoms with Gasteiger partial charge in [-0.15, -0.1) is 0 Å². The molecule has 0 fully saturated rings. The largest absolute Gasteiger partial charge is 0.500 e. The Morgan fingerprint density at radius 2 is 0.652 bits per heavy atom. The molecular formula is C32H71NO11Si2. The number of ether oxygens (including phenoxy) is 5. The predicted molar refractivity (Wildman–Crippen MR) is 186 cm³/mol. The van der Waals surface area contributed by atoms with E-state index in [1.807, 2.05) is 41.5 Å². The minimum Gasteiger partial charge on any atom is -0.379 e. The van der Waals surface area contributed by atoms with E-state index in [2.05, 4.69) is 11.8 Å². The molecule has 0 N–H and O–H groups in total. The second-order valence-corrected chi connectivity index (χ2v) is 15.9. The lowest BCUT2D eigenvalue weighted by atomic mass is 10.3. The van der Waals surface area contributed by atoms with Crippen LogP contribution in [-0.2, 0) is 50.2 Å². The minimum atomic E-state index is -2.68. The third-order valence-electron chi connectivity index (χ3n) is 6.78. The van der Waals surface area contributed by atoms with E-state index in [9.17, 15) is 0 Å². The van der Waals surface area contributed by atoms with E-state index in [1.54, 1.807) is 0 Å². The van der Waals surface area contributed by atoms with E-state index >= 15 is 0 Å². The van der Waals surface area contributed by atoms with E-state index in [4.69, 9.17) is 50.2 Å². The summed E-state index contributed by atoms with van der Waals surface area (Å²) in [5.41, 5.74) is 0. The van der Waals surface area contributed by atoms with Gasteiger partial charge in [-0.3, -0.25) is 0 Å². The van der Waals surface area contributed by atoms with Crippen LogP contribution in [0.5, 0.6) is 0 Å². The third kappa shape index (κ3) is 25.0. The van der Waals surface area contributed by atoms with Crippen LogP contribution in [0.25, 0.3) is 0 Å². The van der Waals surface area contributed by atoms with Crippen molar-refractivity contribution in [2.45, 2.75) is 86.2 Å². The molecule has 14 heteroatoms. The molecule has 0 aromatic rings. The van der Waals surface area contributed by atoms with Crippen LogP contribution in [0.15, 0.2) is 0 Å². The van der Waals surface area contributed by atoms with Crippen molar-refractivity contribution in [3.05, 3.63) is 0 Å². The zero-order chi connectivity index (χ0) is 34.0. The first-order chi connectivity index (χ1) is 22.5. The number of rotatable bonds is 38. The average molecular weight is 702 g/mol. The van der Waals surface area contributed by atoms with Gasteiger partial charge in [-0.25, -0.2) is 0 Å². The highest BCUT2D eigenvalue weighted by atomic mass is 28.4. The number of nitrogens with zero attached hydrogens (tertiary/aromatic N) is 1. The molecule has 0 saturated heterocycles. The molecular weight excluding hydrogens is 631 g/mol. The van der Waals surface area contributed by atoms with Gasteiger partial charge >= 0.3 is 17.6 Å². The van der Waals surface area contributed by atoms with E-state index in [-0.39, 0.29) is 0 Å². The summed E-state index contributed by atoms with van der Waals surface area (Å²) in [7, 11) is -5.37. The normalized spacial score (nSPS) is 12.5.